The normalized spacial score (nSPS) is 10.7. The Balaban J connectivity index is 1.58. The molecule has 3 aromatic carbocycles. The van der Waals surface area contributed by atoms with Crippen LogP contribution in [0.4, 0.5) is 15.8 Å². The summed E-state index contributed by atoms with van der Waals surface area (Å²) in [7, 11) is 0. The van der Waals surface area contributed by atoms with E-state index in [2.05, 4.69) is 15.5 Å². The number of nitro groups is 1. The fourth-order valence-corrected chi connectivity index (χ4v) is 3.95. The summed E-state index contributed by atoms with van der Waals surface area (Å²) in [6, 6.07) is 20.0. The van der Waals surface area contributed by atoms with Gasteiger partial charge in [-0.2, -0.15) is 0 Å². The lowest BCUT2D eigenvalue weighted by Gasteiger charge is -2.11. The van der Waals surface area contributed by atoms with Crippen molar-refractivity contribution in [3.63, 3.8) is 0 Å². The zero-order valence-corrected chi connectivity index (χ0v) is 18.3. The lowest BCUT2D eigenvalue weighted by atomic mass is 10.2. The van der Waals surface area contributed by atoms with Crippen LogP contribution in [0, 0.1) is 22.9 Å². The fraction of sp³-hybridized carbons (Fsp3) is 0.0870. The number of carbonyl (C=O) groups excluding carboxylic acids is 1. The van der Waals surface area contributed by atoms with Gasteiger partial charge in [0.25, 0.3) is 5.69 Å². The van der Waals surface area contributed by atoms with Crippen molar-refractivity contribution in [3.05, 3.63) is 94.3 Å². The first-order valence-electron chi connectivity index (χ1n) is 9.87. The van der Waals surface area contributed by atoms with Crippen molar-refractivity contribution in [2.45, 2.75) is 12.1 Å². The highest BCUT2D eigenvalue weighted by Gasteiger charge is 2.20. The molecule has 8 nitrogen and oxygen atoms in total. The topological polar surface area (TPSA) is 103 Å². The number of amides is 1. The Labute approximate surface area is 192 Å². The van der Waals surface area contributed by atoms with Crippen molar-refractivity contribution < 1.29 is 14.1 Å². The number of benzene rings is 3. The Kier molecular flexibility index (Phi) is 6.45. The first kappa shape index (κ1) is 22.2. The Bertz CT molecular complexity index is 1330. The third kappa shape index (κ3) is 4.90. The summed E-state index contributed by atoms with van der Waals surface area (Å²) in [4.78, 5) is 23.1. The molecule has 33 heavy (non-hydrogen) atoms. The third-order valence-electron chi connectivity index (χ3n) is 4.78. The summed E-state index contributed by atoms with van der Waals surface area (Å²) in [6.45, 7) is 1.63. The van der Waals surface area contributed by atoms with E-state index in [1.54, 1.807) is 41.8 Å². The van der Waals surface area contributed by atoms with Crippen LogP contribution in [-0.4, -0.2) is 31.3 Å². The van der Waals surface area contributed by atoms with E-state index in [9.17, 15) is 19.3 Å². The molecule has 1 heterocycles. The quantitative estimate of drug-likeness (QED) is 0.234. The maximum Gasteiger partial charge on any atom is 0.274 e. The number of para-hydroxylation sites is 1. The maximum atomic E-state index is 14.5. The first-order valence-corrected chi connectivity index (χ1v) is 10.9. The molecule has 0 aliphatic heterocycles. The minimum absolute atomic E-state index is 0.0239. The second-order valence-electron chi connectivity index (χ2n) is 7.05. The van der Waals surface area contributed by atoms with E-state index in [0.717, 1.165) is 17.4 Å². The van der Waals surface area contributed by atoms with Crippen LogP contribution >= 0.6 is 11.8 Å². The average Bonchev–Trinajstić information content (AvgIpc) is 3.23. The lowest BCUT2D eigenvalue weighted by Crippen LogP contribution is -2.15. The number of hydrogen-bond donors (Lipinski definition) is 1. The molecule has 0 radical (unpaired) electrons. The number of nitro benzene ring substituents is 1. The van der Waals surface area contributed by atoms with Crippen LogP contribution in [0.3, 0.4) is 0 Å². The molecule has 0 saturated heterocycles. The van der Waals surface area contributed by atoms with Crippen LogP contribution in [0.5, 0.6) is 0 Å². The zero-order chi connectivity index (χ0) is 23.4. The number of hydrogen-bond acceptors (Lipinski definition) is 6. The van der Waals surface area contributed by atoms with Crippen LogP contribution < -0.4 is 5.32 Å². The molecule has 0 spiro atoms. The van der Waals surface area contributed by atoms with Gasteiger partial charge in [0, 0.05) is 23.0 Å². The molecule has 166 valence electrons. The van der Waals surface area contributed by atoms with Crippen LogP contribution in [0.2, 0.25) is 0 Å². The minimum atomic E-state index is -0.494. The van der Waals surface area contributed by atoms with Crippen molar-refractivity contribution >= 4 is 29.0 Å². The molecule has 0 saturated carbocycles. The first-order chi connectivity index (χ1) is 15.9. The predicted octanol–water partition coefficient (Wildman–Crippen LogP) is 5.02. The monoisotopic (exact) mass is 463 g/mol. The van der Waals surface area contributed by atoms with Crippen LogP contribution in [0.25, 0.3) is 17.1 Å². The standard InChI is InChI=1S/C23H18FN5O3S/c1-15-11-12-16(13-20(15)29(31)32)25-21(30)14-33-23-27-26-22(18-9-5-6-10-19(18)24)28(23)17-7-3-2-4-8-17/h2-13H,14H2,1H3,(H,25,30). The molecular weight excluding hydrogens is 445 g/mol. The number of anilines is 1. The molecule has 1 aromatic heterocycles. The fourth-order valence-electron chi connectivity index (χ4n) is 3.20. The molecule has 0 aliphatic carbocycles. The summed E-state index contributed by atoms with van der Waals surface area (Å²) >= 11 is 1.13. The Morgan fingerprint density at radius 3 is 2.55 bits per heavy atom. The number of halogens is 1. The molecule has 0 fully saturated rings. The Morgan fingerprint density at radius 1 is 1.09 bits per heavy atom. The molecule has 1 N–H and O–H groups in total. The molecule has 0 aliphatic rings. The minimum Gasteiger partial charge on any atom is -0.325 e. The summed E-state index contributed by atoms with van der Waals surface area (Å²) in [6.07, 6.45) is 0. The predicted molar refractivity (Wildman–Crippen MR) is 124 cm³/mol. The van der Waals surface area contributed by atoms with Gasteiger partial charge in [-0.05, 0) is 37.3 Å². The lowest BCUT2D eigenvalue weighted by molar-refractivity contribution is -0.385. The van der Waals surface area contributed by atoms with E-state index in [1.807, 2.05) is 30.3 Å². The van der Waals surface area contributed by atoms with Gasteiger partial charge in [0.15, 0.2) is 11.0 Å². The van der Waals surface area contributed by atoms with Gasteiger partial charge in [-0.1, -0.05) is 48.2 Å². The highest BCUT2D eigenvalue weighted by atomic mass is 32.2. The van der Waals surface area contributed by atoms with Crippen molar-refractivity contribution in [1.82, 2.24) is 14.8 Å². The molecular formula is C23H18FN5O3S. The van der Waals surface area contributed by atoms with Crippen LogP contribution in [0.15, 0.2) is 78.0 Å². The van der Waals surface area contributed by atoms with Gasteiger partial charge in [-0.25, -0.2) is 4.39 Å². The molecule has 10 heteroatoms. The third-order valence-corrected chi connectivity index (χ3v) is 5.71. The number of aromatic nitrogens is 3. The maximum absolute atomic E-state index is 14.5. The smallest absolute Gasteiger partial charge is 0.274 e. The Morgan fingerprint density at radius 2 is 1.82 bits per heavy atom. The van der Waals surface area contributed by atoms with Crippen molar-refractivity contribution in [1.29, 1.82) is 0 Å². The largest absolute Gasteiger partial charge is 0.325 e. The highest BCUT2D eigenvalue weighted by Crippen LogP contribution is 2.29. The summed E-state index contributed by atoms with van der Waals surface area (Å²) in [5.74, 6) is -0.508. The number of aryl methyl sites for hydroxylation is 1. The Hall–Kier alpha value is -4.05. The van der Waals surface area contributed by atoms with E-state index >= 15 is 0 Å². The van der Waals surface area contributed by atoms with Gasteiger partial charge >= 0.3 is 0 Å². The summed E-state index contributed by atoms with van der Waals surface area (Å²) < 4.78 is 16.1. The second-order valence-corrected chi connectivity index (χ2v) is 7.99. The molecule has 4 aromatic rings. The number of rotatable bonds is 7. The van der Waals surface area contributed by atoms with E-state index in [0.29, 0.717) is 22.2 Å². The zero-order valence-electron chi connectivity index (χ0n) is 17.4. The molecule has 0 bridgehead atoms. The highest BCUT2D eigenvalue weighted by molar-refractivity contribution is 7.99. The van der Waals surface area contributed by atoms with E-state index in [-0.39, 0.29) is 22.9 Å². The average molecular weight is 463 g/mol. The number of thioether (sulfide) groups is 1. The van der Waals surface area contributed by atoms with Gasteiger partial charge in [-0.3, -0.25) is 19.5 Å². The molecule has 1 amide bonds. The second kappa shape index (κ2) is 9.61. The number of nitrogens with one attached hydrogen (secondary N) is 1. The molecule has 0 atom stereocenters. The van der Waals surface area contributed by atoms with Gasteiger partial charge in [0.05, 0.1) is 16.2 Å². The van der Waals surface area contributed by atoms with Crippen LogP contribution in [0.1, 0.15) is 5.56 Å². The van der Waals surface area contributed by atoms with Crippen molar-refractivity contribution in [2.24, 2.45) is 0 Å². The molecule has 4 rings (SSSR count). The summed E-state index contributed by atoms with van der Waals surface area (Å²) in [5, 5.41) is 22.5. The van der Waals surface area contributed by atoms with Crippen LogP contribution in [-0.2, 0) is 4.79 Å². The van der Waals surface area contributed by atoms with Gasteiger partial charge in [-0.15, -0.1) is 10.2 Å². The van der Waals surface area contributed by atoms with E-state index in [4.69, 9.17) is 0 Å². The van der Waals surface area contributed by atoms with Gasteiger partial charge < -0.3 is 5.32 Å². The van der Waals surface area contributed by atoms with Gasteiger partial charge in [0.2, 0.25) is 5.91 Å². The van der Waals surface area contributed by atoms with Crippen molar-refractivity contribution in [2.75, 3.05) is 11.1 Å². The SMILES string of the molecule is Cc1ccc(NC(=O)CSc2nnc(-c3ccccc3F)n2-c2ccccc2)cc1[N+](=O)[O-]. The van der Waals surface area contributed by atoms with Gasteiger partial charge in [0.1, 0.15) is 5.82 Å². The van der Waals surface area contributed by atoms with E-state index in [1.165, 1.54) is 12.1 Å². The van der Waals surface area contributed by atoms with Crippen molar-refractivity contribution in [3.8, 4) is 17.1 Å². The summed E-state index contributed by atoms with van der Waals surface area (Å²) in [5.41, 5.74) is 1.77. The number of nitrogens with zero attached hydrogens (tertiary/aromatic N) is 4. The van der Waals surface area contributed by atoms with E-state index < -0.39 is 10.7 Å². The number of carbonyl (C=O) groups is 1. The molecule has 0 unspecified atom stereocenters.